The lowest BCUT2D eigenvalue weighted by molar-refractivity contribution is -0.168. The second-order valence-electron chi connectivity index (χ2n) is 2.84. The molecule has 16 heavy (non-hydrogen) atoms. The first-order valence-corrected chi connectivity index (χ1v) is 4.97. The summed E-state index contributed by atoms with van der Waals surface area (Å²) < 4.78 is 52.6. The predicted molar refractivity (Wildman–Crippen MR) is 48.1 cm³/mol. The Morgan fingerprint density at radius 1 is 1.56 bits per heavy atom. The molecule has 0 amide bonds. The van der Waals surface area contributed by atoms with E-state index in [1.807, 2.05) is 0 Å². The van der Waals surface area contributed by atoms with Gasteiger partial charge >= 0.3 is 12.3 Å². The molecule has 1 rings (SSSR count). The maximum absolute atomic E-state index is 12.4. The molecule has 0 aliphatic rings. The smallest absolute Gasteiger partial charge is 0.330 e. The zero-order chi connectivity index (χ0) is 12.2. The van der Waals surface area contributed by atoms with Gasteiger partial charge in [0.2, 0.25) is 0 Å². The highest BCUT2D eigenvalue weighted by Crippen LogP contribution is 2.23. The lowest BCUT2D eigenvalue weighted by Crippen LogP contribution is -2.32. The third-order valence-electron chi connectivity index (χ3n) is 1.53. The number of carbonyl (C=O) groups excluding carboxylic acids is 1. The van der Waals surface area contributed by atoms with E-state index in [9.17, 15) is 22.4 Å². The summed E-state index contributed by atoms with van der Waals surface area (Å²) >= 11 is 1.03. The van der Waals surface area contributed by atoms with Crippen LogP contribution in [-0.2, 0) is 11.3 Å². The van der Waals surface area contributed by atoms with Crippen molar-refractivity contribution in [1.29, 1.82) is 0 Å². The van der Waals surface area contributed by atoms with Crippen LogP contribution >= 0.6 is 11.3 Å². The summed E-state index contributed by atoms with van der Waals surface area (Å²) in [6.07, 6.45) is -3.26. The van der Waals surface area contributed by atoms with Crippen LogP contribution in [0.5, 0.6) is 0 Å². The van der Waals surface area contributed by atoms with Crippen LogP contribution in [0.15, 0.2) is 5.38 Å². The van der Waals surface area contributed by atoms with E-state index in [2.05, 4.69) is 9.72 Å². The van der Waals surface area contributed by atoms with Gasteiger partial charge in [-0.2, -0.15) is 8.78 Å². The molecule has 0 N–H and O–H groups in total. The van der Waals surface area contributed by atoms with Gasteiger partial charge in [-0.1, -0.05) is 0 Å². The summed E-state index contributed by atoms with van der Waals surface area (Å²) in [6.45, 7) is -1.69. The minimum Gasteiger partial charge on any atom is -0.368 e. The summed E-state index contributed by atoms with van der Waals surface area (Å²) in [7, 11) is 0. The third kappa shape index (κ3) is 3.53. The molecule has 0 aromatic carbocycles. The van der Waals surface area contributed by atoms with Crippen molar-refractivity contribution in [2.75, 3.05) is 6.61 Å². The summed E-state index contributed by atoms with van der Waals surface area (Å²) in [5, 5.41) is 1.70. The van der Waals surface area contributed by atoms with E-state index in [-0.39, 0.29) is 17.3 Å². The minimum absolute atomic E-state index is 0.157. The van der Waals surface area contributed by atoms with Crippen LogP contribution in [0.25, 0.3) is 0 Å². The average Bonchev–Trinajstić information content (AvgIpc) is 2.65. The van der Waals surface area contributed by atoms with Gasteiger partial charge in [0.15, 0.2) is 6.29 Å². The standard InChI is InChI=1S/C8H7F4NO2S/c9-7(10)8(11,12)4-15-2-6-13-5(1-14)3-16-6/h1,3,7H,2,4H2. The van der Waals surface area contributed by atoms with Crippen molar-refractivity contribution < 1.29 is 27.1 Å². The second kappa shape index (κ2) is 5.35. The molecule has 1 aromatic rings. The third-order valence-corrected chi connectivity index (χ3v) is 2.37. The molecule has 90 valence electrons. The molecule has 0 unspecified atom stereocenters. The molecular weight excluding hydrogens is 250 g/mol. The number of carbonyl (C=O) groups is 1. The van der Waals surface area contributed by atoms with E-state index in [1.54, 1.807) is 0 Å². The largest absolute Gasteiger partial charge is 0.368 e. The van der Waals surface area contributed by atoms with Gasteiger partial charge in [0.25, 0.3) is 0 Å². The van der Waals surface area contributed by atoms with E-state index in [1.165, 1.54) is 5.38 Å². The van der Waals surface area contributed by atoms with E-state index < -0.39 is 19.0 Å². The maximum Gasteiger partial charge on any atom is 0.330 e. The zero-order valence-corrected chi connectivity index (χ0v) is 8.65. The zero-order valence-electron chi connectivity index (χ0n) is 7.83. The summed E-state index contributed by atoms with van der Waals surface area (Å²) in [6, 6.07) is 0. The lowest BCUT2D eigenvalue weighted by atomic mass is 10.4. The highest BCUT2D eigenvalue weighted by Gasteiger charge is 2.40. The quantitative estimate of drug-likeness (QED) is 0.580. The number of aldehydes is 1. The highest BCUT2D eigenvalue weighted by atomic mass is 32.1. The first-order chi connectivity index (χ1) is 7.45. The molecule has 8 heteroatoms. The van der Waals surface area contributed by atoms with E-state index in [0.29, 0.717) is 6.29 Å². The Morgan fingerprint density at radius 3 is 2.75 bits per heavy atom. The first-order valence-electron chi connectivity index (χ1n) is 4.09. The normalized spacial score (nSPS) is 12.1. The monoisotopic (exact) mass is 257 g/mol. The van der Waals surface area contributed by atoms with Crippen LogP contribution in [0.2, 0.25) is 0 Å². The van der Waals surface area contributed by atoms with Gasteiger partial charge in [-0.3, -0.25) is 4.79 Å². The Hall–Kier alpha value is -1.02. The Balaban J connectivity index is 2.38. The van der Waals surface area contributed by atoms with E-state index >= 15 is 0 Å². The van der Waals surface area contributed by atoms with Crippen LogP contribution in [0, 0.1) is 0 Å². The van der Waals surface area contributed by atoms with Crippen LogP contribution < -0.4 is 0 Å². The van der Waals surface area contributed by atoms with Gasteiger partial charge in [-0.05, 0) is 0 Å². The number of hydrogen-bond donors (Lipinski definition) is 0. The van der Waals surface area contributed by atoms with Gasteiger partial charge in [0.1, 0.15) is 17.3 Å². The minimum atomic E-state index is -4.16. The van der Waals surface area contributed by atoms with Crippen LogP contribution in [0.3, 0.4) is 0 Å². The van der Waals surface area contributed by atoms with Gasteiger partial charge in [0, 0.05) is 5.38 Å². The summed E-state index contributed by atoms with van der Waals surface area (Å²) in [5.41, 5.74) is 0.157. The van der Waals surface area contributed by atoms with Crippen molar-refractivity contribution in [3.63, 3.8) is 0 Å². The number of nitrogens with zero attached hydrogens (tertiary/aromatic N) is 1. The van der Waals surface area contributed by atoms with Crippen molar-refractivity contribution in [1.82, 2.24) is 4.98 Å². The Morgan fingerprint density at radius 2 is 2.25 bits per heavy atom. The lowest BCUT2D eigenvalue weighted by Gasteiger charge is -2.14. The van der Waals surface area contributed by atoms with Gasteiger partial charge in [-0.25, -0.2) is 13.8 Å². The van der Waals surface area contributed by atoms with Gasteiger partial charge in [-0.15, -0.1) is 11.3 Å². The van der Waals surface area contributed by atoms with Crippen molar-refractivity contribution >= 4 is 17.6 Å². The molecule has 0 aliphatic heterocycles. The van der Waals surface area contributed by atoms with Gasteiger partial charge in [0.05, 0.1) is 6.61 Å². The van der Waals surface area contributed by atoms with Crippen molar-refractivity contribution in [3.8, 4) is 0 Å². The van der Waals surface area contributed by atoms with Crippen molar-refractivity contribution in [2.45, 2.75) is 19.0 Å². The molecular formula is C8H7F4NO2S. The molecule has 0 fully saturated rings. The fraction of sp³-hybridized carbons (Fsp3) is 0.500. The molecule has 1 aromatic heterocycles. The number of alkyl halides is 4. The molecule has 0 spiro atoms. The average molecular weight is 257 g/mol. The Kier molecular flexibility index (Phi) is 4.36. The summed E-state index contributed by atoms with van der Waals surface area (Å²) in [4.78, 5) is 13.9. The number of halogens is 4. The number of rotatable bonds is 6. The molecule has 0 aliphatic carbocycles. The fourth-order valence-electron chi connectivity index (χ4n) is 0.783. The van der Waals surface area contributed by atoms with Crippen LogP contribution in [-0.4, -0.2) is 30.2 Å². The van der Waals surface area contributed by atoms with Crippen molar-refractivity contribution in [2.24, 2.45) is 0 Å². The molecule has 1 heterocycles. The van der Waals surface area contributed by atoms with Crippen molar-refractivity contribution in [3.05, 3.63) is 16.1 Å². The molecule has 0 saturated heterocycles. The second-order valence-corrected chi connectivity index (χ2v) is 3.78. The van der Waals surface area contributed by atoms with Crippen LogP contribution in [0.1, 0.15) is 15.5 Å². The van der Waals surface area contributed by atoms with Gasteiger partial charge < -0.3 is 4.74 Å². The molecule has 0 radical (unpaired) electrons. The predicted octanol–water partition coefficient (Wildman–Crippen LogP) is 2.37. The molecule has 0 atom stereocenters. The topological polar surface area (TPSA) is 39.2 Å². The maximum atomic E-state index is 12.4. The molecule has 3 nitrogen and oxygen atoms in total. The Labute approximate surface area is 92.1 Å². The SMILES string of the molecule is O=Cc1csc(COCC(F)(F)C(F)F)n1. The molecule has 0 bridgehead atoms. The number of thiazole rings is 1. The van der Waals surface area contributed by atoms with E-state index in [0.717, 1.165) is 11.3 Å². The number of hydrogen-bond acceptors (Lipinski definition) is 4. The highest BCUT2D eigenvalue weighted by molar-refractivity contribution is 7.09. The first kappa shape index (κ1) is 13.0. The number of ether oxygens (including phenoxy) is 1. The van der Waals surface area contributed by atoms with E-state index in [4.69, 9.17) is 0 Å². The summed E-state index contributed by atoms with van der Waals surface area (Å²) in [5.74, 6) is -4.16. The van der Waals surface area contributed by atoms with Crippen LogP contribution in [0.4, 0.5) is 17.6 Å². The number of aromatic nitrogens is 1. The molecule has 0 saturated carbocycles. The Bertz CT molecular complexity index is 356. The fourth-order valence-corrected chi connectivity index (χ4v) is 1.46.